The standard InChI is InChI=1S/C12H26N2O/c1-6-12(13,7-2)11(15)14-8-10(5)9(3)4/h9-10H,6-8,13H2,1-5H3,(H,14,15). The molecule has 0 aliphatic carbocycles. The fourth-order valence-corrected chi connectivity index (χ4v) is 1.24. The highest BCUT2D eigenvalue weighted by Crippen LogP contribution is 2.12. The van der Waals surface area contributed by atoms with Crippen molar-refractivity contribution in [1.82, 2.24) is 5.32 Å². The third kappa shape index (κ3) is 4.20. The van der Waals surface area contributed by atoms with Gasteiger partial charge in [-0.15, -0.1) is 0 Å². The summed E-state index contributed by atoms with van der Waals surface area (Å²) in [4.78, 5) is 11.8. The first-order valence-electron chi connectivity index (χ1n) is 5.94. The number of amides is 1. The fourth-order valence-electron chi connectivity index (χ4n) is 1.24. The van der Waals surface area contributed by atoms with E-state index in [9.17, 15) is 4.79 Å². The van der Waals surface area contributed by atoms with Crippen LogP contribution in [0, 0.1) is 11.8 Å². The summed E-state index contributed by atoms with van der Waals surface area (Å²) in [5.74, 6) is 1.06. The lowest BCUT2D eigenvalue weighted by molar-refractivity contribution is -0.126. The minimum absolute atomic E-state index is 0.0139. The van der Waals surface area contributed by atoms with Crippen molar-refractivity contribution < 1.29 is 4.79 Å². The van der Waals surface area contributed by atoms with Gasteiger partial charge in [-0.1, -0.05) is 34.6 Å². The van der Waals surface area contributed by atoms with Gasteiger partial charge in [-0.3, -0.25) is 4.79 Å². The van der Waals surface area contributed by atoms with Gasteiger partial charge in [0.1, 0.15) is 0 Å². The fraction of sp³-hybridized carbons (Fsp3) is 0.917. The van der Waals surface area contributed by atoms with E-state index < -0.39 is 5.54 Å². The van der Waals surface area contributed by atoms with E-state index in [1.165, 1.54) is 0 Å². The normalized spacial score (nSPS) is 14.1. The zero-order valence-corrected chi connectivity index (χ0v) is 10.8. The van der Waals surface area contributed by atoms with Crippen molar-refractivity contribution >= 4 is 5.91 Å². The van der Waals surface area contributed by atoms with Crippen molar-refractivity contribution in [2.45, 2.75) is 53.0 Å². The average Bonchev–Trinajstić information content (AvgIpc) is 2.23. The molecule has 15 heavy (non-hydrogen) atoms. The molecule has 1 amide bonds. The maximum absolute atomic E-state index is 11.8. The smallest absolute Gasteiger partial charge is 0.240 e. The van der Waals surface area contributed by atoms with E-state index in [4.69, 9.17) is 5.73 Å². The van der Waals surface area contributed by atoms with Crippen LogP contribution in [-0.2, 0) is 4.79 Å². The van der Waals surface area contributed by atoms with Crippen molar-refractivity contribution in [2.75, 3.05) is 6.54 Å². The molecule has 0 aromatic carbocycles. The Morgan fingerprint density at radius 3 is 2.07 bits per heavy atom. The third-order valence-electron chi connectivity index (χ3n) is 3.44. The molecule has 0 saturated heterocycles. The van der Waals surface area contributed by atoms with Gasteiger partial charge in [0.25, 0.3) is 0 Å². The van der Waals surface area contributed by atoms with Gasteiger partial charge in [-0.05, 0) is 24.7 Å². The predicted molar refractivity (Wildman–Crippen MR) is 64.5 cm³/mol. The molecule has 0 fully saturated rings. The Kier molecular flexibility index (Phi) is 5.88. The lowest BCUT2D eigenvalue weighted by Gasteiger charge is -2.26. The Bertz CT molecular complexity index is 198. The Morgan fingerprint density at radius 2 is 1.73 bits per heavy atom. The molecular formula is C12H26N2O. The molecular weight excluding hydrogens is 188 g/mol. The van der Waals surface area contributed by atoms with Gasteiger partial charge in [0, 0.05) is 6.54 Å². The topological polar surface area (TPSA) is 55.1 Å². The number of rotatable bonds is 6. The molecule has 0 aliphatic heterocycles. The highest BCUT2D eigenvalue weighted by atomic mass is 16.2. The van der Waals surface area contributed by atoms with Crippen LogP contribution in [0.2, 0.25) is 0 Å². The second-order valence-electron chi connectivity index (χ2n) is 4.79. The summed E-state index contributed by atoms with van der Waals surface area (Å²) in [6, 6.07) is 0. The van der Waals surface area contributed by atoms with Crippen LogP contribution in [0.4, 0.5) is 0 Å². The first-order valence-corrected chi connectivity index (χ1v) is 5.94. The first-order chi connectivity index (χ1) is 6.87. The van der Waals surface area contributed by atoms with Gasteiger partial charge in [-0.2, -0.15) is 0 Å². The first kappa shape index (κ1) is 14.4. The quantitative estimate of drug-likeness (QED) is 0.709. The monoisotopic (exact) mass is 214 g/mol. The highest BCUT2D eigenvalue weighted by Gasteiger charge is 2.29. The number of nitrogens with one attached hydrogen (secondary N) is 1. The largest absolute Gasteiger partial charge is 0.354 e. The Balaban J connectivity index is 4.14. The van der Waals surface area contributed by atoms with Crippen LogP contribution in [0.25, 0.3) is 0 Å². The maximum atomic E-state index is 11.8. The molecule has 0 saturated carbocycles. The molecule has 0 aliphatic rings. The second kappa shape index (κ2) is 6.11. The number of hydrogen-bond acceptors (Lipinski definition) is 2. The lowest BCUT2D eigenvalue weighted by Crippen LogP contribution is -2.53. The molecule has 3 N–H and O–H groups in total. The van der Waals surface area contributed by atoms with E-state index in [0.717, 1.165) is 6.54 Å². The third-order valence-corrected chi connectivity index (χ3v) is 3.44. The summed E-state index contributed by atoms with van der Waals surface area (Å²) >= 11 is 0. The number of carbonyl (C=O) groups is 1. The van der Waals surface area contributed by atoms with Gasteiger partial charge in [0.15, 0.2) is 0 Å². The van der Waals surface area contributed by atoms with Crippen LogP contribution in [0.15, 0.2) is 0 Å². The van der Waals surface area contributed by atoms with Crippen LogP contribution in [0.3, 0.4) is 0 Å². The molecule has 0 bridgehead atoms. The summed E-state index contributed by atoms with van der Waals surface area (Å²) in [5.41, 5.74) is 5.31. The van der Waals surface area contributed by atoms with Gasteiger partial charge >= 0.3 is 0 Å². The Labute approximate surface area is 93.8 Å². The van der Waals surface area contributed by atoms with Crippen molar-refractivity contribution in [3.63, 3.8) is 0 Å². The van der Waals surface area contributed by atoms with Crippen molar-refractivity contribution in [1.29, 1.82) is 0 Å². The number of carbonyl (C=O) groups excluding carboxylic acids is 1. The SMILES string of the molecule is CCC(N)(CC)C(=O)NCC(C)C(C)C. The molecule has 0 spiro atoms. The molecule has 0 radical (unpaired) electrons. The summed E-state index contributed by atoms with van der Waals surface area (Å²) in [5, 5.41) is 2.94. The zero-order chi connectivity index (χ0) is 12.1. The van der Waals surface area contributed by atoms with Gasteiger partial charge in [-0.25, -0.2) is 0 Å². The van der Waals surface area contributed by atoms with E-state index in [2.05, 4.69) is 26.1 Å². The molecule has 3 nitrogen and oxygen atoms in total. The van der Waals surface area contributed by atoms with Crippen molar-refractivity contribution in [3.05, 3.63) is 0 Å². The molecule has 0 heterocycles. The molecule has 0 aromatic rings. The van der Waals surface area contributed by atoms with Crippen LogP contribution in [0.1, 0.15) is 47.5 Å². The number of nitrogens with two attached hydrogens (primary N) is 1. The summed E-state index contributed by atoms with van der Waals surface area (Å²) in [6.07, 6.45) is 1.37. The van der Waals surface area contributed by atoms with E-state index in [0.29, 0.717) is 24.7 Å². The summed E-state index contributed by atoms with van der Waals surface area (Å²) in [7, 11) is 0. The molecule has 1 unspecified atom stereocenters. The predicted octanol–water partition coefficient (Wildman–Crippen LogP) is 1.91. The van der Waals surface area contributed by atoms with Gasteiger partial charge in [0.05, 0.1) is 5.54 Å². The van der Waals surface area contributed by atoms with E-state index in [1.807, 2.05) is 13.8 Å². The van der Waals surface area contributed by atoms with Crippen molar-refractivity contribution in [3.8, 4) is 0 Å². The van der Waals surface area contributed by atoms with Gasteiger partial charge < -0.3 is 11.1 Å². The Morgan fingerprint density at radius 1 is 1.27 bits per heavy atom. The average molecular weight is 214 g/mol. The van der Waals surface area contributed by atoms with Crippen LogP contribution < -0.4 is 11.1 Å². The molecule has 90 valence electrons. The van der Waals surface area contributed by atoms with E-state index in [1.54, 1.807) is 0 Å². The van der Waals surface area contributed by atoms with Gasteiger partial charge in [0.2, 0.25) is 5.91 Å². The molecule has 3 heteroatoms. The zero-order valence-electron chi connectivity index (χ0n) is 10.8. The summed E-state index contributed by atoms with van der Waals surface area (Å²) < 4.78 is 0. The van der Waals surface area contributed by atoms with E-state index in [-0.39, 0.29) is 5.91 Å². The minimum atomic E-state index is -0.684. The molecule has 1 atom stereocenters. The summed E-state index contributed by atoms with van der Waals surface area (Å²) in [6.45, 7) is 11.1. The Hall–Kier alpha value is -0.570. The van der Waals surface area contributed by atoms with Crippen LogP contribution in [0.5, 0.6) is 0 Å². The number of hydrogen-bond donors (Lipinski definition) is 2. The minimum Gasteiger partial charge on any atom is -0.354 e. The molecule has 0 aromatic heterocycles. The molecule has 0 rings (SSSR count). The highest BCUT2D eigenvalue weighted by molar-refractivity contribution is 5.85. The van der Waals surface area contributed by atoms with Crippen molar-refractivity contribution in [2.24, 2.45) is 17.6 Å². The lowest BCUT2D eigenvalue weighted by atomic mass is 9.92. The van der Waals surface area contributed by atoms with E-state index >= 15 is 0 Å². The van der Waals surface area contributed by atoms with Crippen LogP contribution in [-0.4, -0.2) is 18.0 Å². The second-order valence-corrected chi connectivity index (χ2v) is 4.79. The maximum Gasteiger partial charge on any atom is 0.240 e. The van der Waals surface area contributed by atoms with Crippen LogP contribution >= 0.6 is 0 Å².